The van der Waals surface area contributed by atoms with Crippen LogP contribution in [-0.2, 0) is 6.54 Å². The molecule has 1 aliphatic heterocycles. The molecule has 2 aromatic carbocycles. The fourth-order valence-corrected chi connectivity index (χ4v) is 3.16. The number of fused-ring (bicyclic) bond motifs is 1. The molecule has 2 heterocycles. The number of halogens is 3. The van der Waals surface area contributed by atoms with Crippen LogP contribution >= 0.6 is 0 Å². The van der Waals surface area contributed by atoms with Gasteiger partial charge in [-0.2, -0.15) is 10.2 Å². The molecule has 0 spiro atoms. The van der Waals surface area contributed by atoms with E-state index in [0.29, 0.717) is 46.6 Å². The fraction of sp³-hybridized carbons (Fsp3) is 0.100. The number of hydrogen-bond acceptors (Lipinski definition) is 3. The molecule has 26 heavy (non-hydrogen) atoms. The third-order valence-electron chi connectivity index (χ3n) is 4.25. The van der Waals surface area contributed by atoms with E-state index in [1.807, 2.05) is 6.07 Å². The molecule has 0 fully saturated rings. The van der Waals surface area contributed by atoms with Gasteiger partial charge in [-0.25, -0.2) is 13.2 Å². The van der Waals surface area contributed by atoms with Gasteiger partial charge in [0.05, 0.1) is 5.69 Å². The molecule has 6 heteroatoms. The largest absolute Gasteiger partial charge is 0.309 e. The second-order valence-electron chi connectivity index (χ2n) is 6.01. The third kappa shape index (κ3) is 3.11. The van der Waals surface area contributed by atoms with Crippen molar-refractivity contribution in [2.75, 3.05) is 6.54 Å². The Morgan fingerprint density at radius 2 is 1.73 bits per heavy atom. The summed E-state index contributed by atoms with van der Waals surface area (Å²) in [6.07, 6.45) is 3.29. The zero-order valence-corrected chi connectivity index (χ0v) is 13.6. The minimum absolute atomic E-state index is 0.304. The van der Waals surface area contributed by atoms with Crippen LogP contribution in [0.1, 0.15) is 16.7 Å². The van der Waals surface area contributed by atoms with E-state index in [1.165, 1.54) is 18.2 Å². The summed E-state index contributed by atoms with van der Waals surface area (Å²) in [5.74, 6) is -1.87. The zero-order chi connectivity index (χ0) is 18.1. The normalized spacial score (nSPS) is 13.7. The predicted octanol–water partition coefficient (Wildman–Crippen LogP) is 4.10. The summed E-state index contributed by atoms with van der Waals surface area (Å²) in [5.41, 5.74) is 2.96. The average molecular weight is 353 g/mol. The Balaban J connectivity index is 1.88. The maximum Gasteiger partial charge on any atom is 0.132 e. The molecular formula is C20H14F3N3. The van der Waals surface area contributed by atoms with Crippen LogP contribution in [0.3, 0.4) is 0 Å². The molecule has 1 N–H and O–H groups in total. The summed E-state index contributed by atoms with van der Waals surface area (Å²) in [7, 11) is 0. The second-order valence-corrected chi connectivity index (χ2v) is 6.01. The molecule has 0 unspecified atom stereocenters. The van der Waals surface area contributed by atoms with Gasteiger partial charge in [-0.15, -0.1) is 0 Å². The first-order valence-corrected chi connectivity index (χ1v) is 8.10. The van der Waals surface area contributed by atoms with Crippen LogP contribution in [0.4, 0.5) is 13.2 Å². The van der Waals surface area contributed by atoms with Gasteiger partial charge in [-0.1, -0.05) is 6.08 Å². The van der Waals surface area contributed by atoms with Crippen molar-refractivity contribution in [3.63, 3.8) is 0 Å². The van der Waals surface area contributed by atoms with Gasteiger partial charge < -0.3 is 5.32 Å². The first kappa shape index (κ1) is 16.5. The van der Waals surface area contributed by atoms with E-state index in [1.54, 1.807) is 24.4 Å². The van der Waals surface area contributed by atoms with E-state index in [9.17, 15) is 8.78 Å². The smallest absolute Gasteiger partial charge is 0.132 e. The highest BCUT2D eigenvalue weighted by molar-refractivity contribution is 5.83. The number of aromatic nitrogens is 2. The minimum atomic E-state index is -0.698. The molecule has 3 aromatic rings. The maximum atomic E-state index is 15.0. The monoisotopic (exact) mass is 353 g/mol. The molecule has 0 radical (unpaired) electrons. The lowest BCUT2D eigenvalue weighted by Crippen LogP contribution is -2.12. The Hall–Kier alpha value is -2.99. The second kappa shape index (κ2) is 6.72. The van der Waals surface area contributed by atoms with Crippen LogP contribution in [0.25, 0.3) is 16.8 Å². The van der Waals surface area contributed by atoms with E-state index in [4.69, 9.17) is 0 Å². The maximum absolute atomic E-state index is 15.0. The van der Waals surface area contributed by atoms with E-state index in [-0.39, 0.29) is 0 Å². The lowest BCUT2D eigenvalue weighted by molar-refractivity contribution is 0.582. The highest BCUT2D eigenvalue weighted by Gasteiger charge is 2.20. The van der Waals surface area contributed by atoms with Crippen LogP contribution in [0.5, 0.6) is 0 Å². The number of nitrogens with zero attached hydrogens (tertiary/aromatic N) is 2. The molecule has 0 saturated carbocycles. The van der Waals surface area contributed by atoms with Crippen molar-refractivity contribution < 1.29 is 13.2 Å². The van der Waals surface area contributed by atoms with Crippen molar-refractivity contribution in [1.29, 1.82) is 0 Å². The minimum Gasteiger partial charge on any atom is -0.309 e. The topological polar surface area (TPSA) is 37.8 Å². The van der Waals surface area contributed by atoms with Gasteiger partial charge in [0, 0.05) is 36.5 Å². The number of hydrogen-bond donors (Lipinski definition) is 1. The number of nitrogens with one attached hydrogen (secondary N) is 1. The summed E-state index contributed by atoms with van der Waals surface area (Å²) in [4.78, 5) is 0. The average Bonchev–Trinajstić information content (AvgIpc) is 2.84. The Morgan fingerprint density at radius 3 is 2.46 bits per heavy atom. The van der Waals surface area contributed by atoms with Gasteiger partial charge in [0.2, 0.25) is 0 Å². The van der Waals surface area contributed by atoms with Crippen molar-refractivity contribution in [2.45, 2.75) is 6.54 Å². The van der Waals surface area contributed by atoms with E-state index >= 15 is 4.39 Å². The molecule has 1 aromatic heterocycles. The standard InChI is InChI=1S/C20H14F3N3/c21-15-7-12(8-16(22)10-15)17-3-5-24-11-14-6-13(9-18(23)20(14)17)19-2-1-4-25-26-19/h1-4,6-10,24H,5,11H2. The molecule has 0 aliphatic carbocycles. The molecule has 4 rings (SSSR count). The van der Waals surface area contributed by atoms with Gasteiger partial charge >= 0.3 is 0 Å². The van der Waals surface area contributed by atoms with Crippen molar-refractivity contribution in [3.05, 3.63) is 88.9 Å². The van der Waals surface area contributed by atoms with Gasteiger partial charge in [0.15, 0.2) is 0 Å². The Labute approximate surface area is 148 Å². The highest BCUT2D eigenvalue weighted by atomic mass is 19.1. The summed E-state index contributed by atoms with van der Waals surface area (Å²) >= 11 is 0. The fourth-order valence-electron chi connectivity index (χ4n) is 3.16. The van der Waals surface area contributed by atoms with Crippen LogP contribution < -0.4 is 5.32 Å². The summed E-state index contributed by atoms with van der Waals surface area (Å²) in [6.45, 7) is 0.889. The molecule has 0 bridgehead atoms. The molecule has 1 aliphatic rings. The SMILES string of the molecule is Fc1cc(F)cc(C2=CCNCc3cc(-c4cccnn4)cc(F)c32)c1. The Bertz CT molecular complexity index is 980. The van der Waals surface area contributed by atoms with Crippen molar-refractivity contribution in [1.82, 2.24) is 15.5 Å². The molecule has 0 atom stereocenters. The quantitative estimate of drug-likeness (QED) is 0.754. The van der Waals surface area contributed by atoms with E-state index in [0.717, 1.165) is 6.07 Å². The van der Waals surface area contributed by atoms with Crippen LogP contribution in [0.15, 0.2) is 54.7 Å². The molecule has 0 saturated heterocycles. The number of rotatable bonds is 2. The Kier molecular flexibility index (Phi) is 4.26. The Morgan fingerprint density at radius 1 is 0.923 bits per heavy atom. The third-order valence-corrected chi connectivity index (χ3v) is 4.25. The molecule has 0 amide bonds. The van der Waals surface area contributed by atoms with Gasteiger partial charge in [-0.05, 0) is 53.1 Å². The van der Waals surface area contributed by atoms with Crippen LogP contribution in [0.2, 0.25) is 0 Å². The predicted molar refractivity (Wildman–Crippen MR) is 92.6 cm³/mol. The lowest BCUT2D eigenvalue weighted by atomic mass is 9.91. The van der Waals surface area contributed by atoms with Crippen molar-refractivity contribution in [3.8, 4) is 11.3 Å². The van der Waals surface area contributed by atoms with E-state index < -0.39 is 17.5 Å². The summed E-state index contributed by atoms with van der Waals surface area (Å²) in [6, 6.07) is 9.89. The zero-order valence-electron chi connectivity index (χ0n) is 13.6. The van der Waals surface area contributed by atoms with Gasteiger partial charge in [-0.3, -0.25) is 0 Å². The van der Waals surface area contributed by atoms with Crippen molar-refractivity contribution in [2.24, 2.45) is 0 Å². The molecule has 130 valence electrons. The molecule has 3 nitrogen and oxygen atoms in total. The molecular weight excluding hydrogens is 339 g/mol. The van der Waals surface area contributed by atoms with E-state index in [2.05, 4.69) is 15.5 Å². The van der Waals surface area contributed by atoms with Crippen molar-refractivity contribution >= 4 is 5.57 Å². The van der Waals surface area contributed by atoms with Gasteiger partial charge in [0.1, 0.15) is 17.5 Å². The summed E-state index contributed by atoms with van der Waals surface area (Å²) in [5, 5.41) is 11.0. The number of benzene rings is 2. The lowest BCUT2D eigenvalue weighted by Gasteiger charge is -2.14. The van der Waals surface area contributed by atoms with Gasteiger partial charge in [0.25, 0.3) is 0 Å². The summed E-state index contributed by atoms with van der Waals surface area (Å²) < 4.78 is 42.3. The van der Waals surface area contributed by atoms with Crippen LogP contribution in [0, 0.1) is 17.5 Å². The first-order valence-electron chi connectivity index (χ1n) is 8.10. The highest BCUT2D eigenvalue weighted by Crippen LogP contribution is 2.33. The van der Waals surface area contributed by atoms with Crippen LogP contribution in [-0.4, -0.2) is 16.7 Å². The first-order chi connectivity index (χ1) is 12.6.